The SMILES string of the molecule is Cc1cccc(N(CCCl)C2CCC2)n1. The lowest BCUT2D eigenvalue weighted by molar-refractivity contribution is 0.388. The van der Waals surface area contributed by atoms with Crippen LogP contribution in [0.4, 0.5) is 5.82 Å². The molecule has 0 bridgehead atoms. The summed E-state index contributed by atoms with van der Waals surface area (Å²) in [6.45, 7) is 2.94. The number of nitrogens with zero attached hydrogens (tertiary/aromatic N) is 2. The van der Waals surface area contributed by atoms with Gasteiger partial charge in [-0.05, 0) is 38.3 Å². The quantitative estimate of drug-likeness (QED) is 0.731. The highest BCUT2D eigenvalue weighted by molar-refractivity contribution is 6.18. The van der Waals surface area contributed by atoms with Crippen molar-refractivity contribution in [2.24, 2.45) is 0 Å². The summed E-state index contributed by atoms with van der Waals surface area (Å²) < 4.78 is 0. The smallest absolute Gasteiger partial charge is 0.129 e. The predicted molar refractivity (Wildman–Crippen MR) is 64.7 cm³/mol. The average Bonchev–Trinajstić information content (AvgIpc) is 2.14. The summed E-state index contributed by atoms with van der Waals surface area (Å²) in [6, 6.07) is 6.84. The monoisotopic (exact) mass is 224 g/mol. The Morgan fingerprint density at radius 1 is 1.47 bits per heavy atom. The van der Waals surface area contributed by atoms with Crippen LogP contribution in [0.15, 0.2) is 18.2 Å². The van der Waals surface area contributed by atoms with Gasteiger partial charge < -0.3 is 4.90 Å². The summed E-state index contributed by atoms with van der Waals surface area (Å²) in [7, 11) is 0. The maximum atomic E-state index is 5.84. The van der Waals surface area contributed by atoms with Crippen molar-refractivity contribution < 1.29 is 0 Å². The minimum Gasteiger partial charge on any atom is -0.352 e. The molecule has 2 nitrogen and oxygen atoms in total. The standard InChI is InChI=1S/C12H17ClN2/c1-10-4-2-7-12(14-10)15(9-8-13)11-5-3-6-11/h2,4,7,11H,3,5-6,8-9H2,1H3. The number of pyridine rings is 1. The van der Waals surface area contributed by atoms with Gasteiger partial charge in [0.25, 0.3) is 0 Å². The third kappa shape index (κ3) is 2.43. The molecule has 1 saturated carbocycles. The van der Waals surface area contributed by atoms with Gasteiger partial charge >= 0.3 is 0 Å². The van der Waals surface area contributed by atoms with Crippen LogP contribution in [0.1, 0.15) is 25.0 Å². The Morgan fingerprint density at radius 3 is 2.80 bits per heavy atom. The van der Waals surface area contributed by atoms with Crippen molar-refractivity contribution in [3.8, 4) is 0 Å². The normalized spacial score (nSPS) is 16.1. The fraction of sp³-hybridized carbons (Fsp3) is 0.583. The third-order valence-electron chi connectivity index (χ3n) is 3.01. The Morgan fingerprint density at radius 2 is 2.27 bits per heavy atom. The molecule has 2 rings (SSSR count). The highest BCUT2D eigenvalue weighted by Crippen LogP contribution is 2.28. The Balaban J connectivity index is 2.15. The van der Waals surface area contributed by atoms with E-state index in [1.54, 1.807) is 0 Å². The van der Waals surface area contributed by atoms with Crippen LogP contribution < -0.4 is 4.90 Å². The number of anilines is 1. The van der Waals surface area contributed by atoms with Crippen LogP contribution in [0, 0.1) is 6.92 Å². The summed E-state index contributed by atoms with van der Waals surface area (Å²) in [5.74, 6) is 1.76. The molecule has 1 aromatic rings. The number of hydrogen-bond acceptors (Lipinski definition) is 2. The second-order valence-corrected chi connectivity index (χ2v) is 4.48. The Kier molecular flexibility index (Phi) is 3.47. The van der Waals surface area contributed by atoms with Crippen molar-refractivity contribution in [1.29, 1.82) is 0 Å². The molecule has 82 valence electrons. The van der Waals surface area contributed by atoms with Crippen LogP contribution >= 0.6 is 11.6 Å². The van der Waals surface area contributed by atoms with Crippen molar-refractivity contribution in [2.45, 2.75) is 32.2 Å². The van der Waals surface area contributed by atoms with Crippen LogP contribution in [0.2, 0.25) is 0 Å². The molecule has 0 aromatic carbocycles. The fourth-order valence-electron chi connectivity index (χ4n) is 1.96. The van der Waals surface area contributed by atoms with E-state index >= 15 is 0 Å². The molecule has 1 fully saturated rings. The summed E-state index contributed by atoms with van der Waals surface area (Å²) in [5, 5.41) is 0. The molecule has 15 heavy (non-hydrogen) atoms. The van der Waals surface area contributed by atoms with Crippen molar-refractivity contribution in [2.75, 3.05) is 17.3 Å². The first kappa shape index (κ1) is 10.7. The van der Waals surface area contributed by atoms with Crippen molar-refractivity contribution in [3.05, 3.63) is 23.9 Å². The van der Waals surface area contributed by atoms with Crippen molar-refractivity contribution >= 4 is 17.4 Å². The number of halogens is 1. The van der Waals surface area contributed by atoms with Crippen molar-refractivity contribution in [1.82, 2.24) is 4.98 Å². The molecule has 0 radical (unpaired) electrons. The molecule has 0 saturated heterocycles. The van der Waals surface area contributed by atoms with Gasteiger partial charge in [-0.2, -0.15) is 0 Å². The van der Waals surface area contributed by atoms with E-state index in [0.717, 1.165) is 18.1 Å². The zero-order chi connectivity index (χ0) is 10.7. The molecule has 0 N–H and O–H groups in total. The topological polar surface area (TPSA) is 16.1 Å². The third-order valence-corrected chi connectivity index (χ3v) is 3.18. The number of hydrogen-bond donors (Lipinski definition) is 0. The first-order valence-electron chi connectivity index (χ1n) is 5.57. The molecule has 1 heterocycles. The lowest BCUT2D eigenvalue weighted by atomic mass is 9.91. The first-order chi connectivity index (χ1) is 7.31. The van der Waals surface area contributed by atoms with Crippen LogP contribution in [0.5, 0.6) is 0 Å². The molecule has 0 aliphatic heterocycles. The van der Waals surface area contributed by atoms with Gasteiger partial charge in [-0.3, -0.25) is 0 Å². The van der Waals surface area contributed by atoms with Gasteiger partial charge in [-0.25, -0.2) is 4.98 Å². The zero-order valence-corrected chi connectivity index (χ0v) is 9.87. The minimum atomic E-state index is 0.665. The Bertz CT molecular complexity index is 323. The van der Waals surface area contributed by atoms with E-state index in [0.29, 0.717) is 11.9 Å². The zero-order valence-electron chi connectivity index (χ0n) is 9.12. The fourth-order valence-corrected chi connectivity index (χ4v) is 2.14. The van der Waals surface area contributed by atoms with Gasteiger partial charge in [0.05, 0.1) is 0 Å². The largest absolute Gasteiger partial charge is 0.352 e. The van der Waals surface area contributed by atoms with Gasteiger partial charge in [0.1, 0.15) is 5.82 Å². The van der Waals surface area contributed by atoms with Crippen molar-refractivity contribution in [3.63, 3.8) is 0 Å². The lowest BCUT2D eigenvalue weighted by Crippen LogP contribution is -2.42. The van der Waals surface area contributed by atoms with E-state index in [9.17, 15) is 0 Å². The van der Waals surface area contributed by atoms with Crippen LogP contribution in [-0.2, 0) is 0 Å². The summed E-state index contributed by atoms with van der Waals surface area (Å²) in [6.07, 6.45) is 3.91. The van der Waals surface area contributed by atoms with Crippen LogP contribution in [0.25, 0.3) is 0 Å². The molecule has 1 aliphatic carbocycles. The van der Waals surface area contributed by atoms with E-state index in [1.807, 2.05) is 13.0 Å². The molecule has 0 atom stereocenters. The van der Waals surface area contributed by atoms with E-state index in [2.05, 4.69) is 22.0 Å². The number of alkyl halides is 1. The van der Waals surface area contributed by atoms with E-state index in [-0.39, 0.29) is 0 Å². The Hall–Kier alpha value is -0.760. The maximum Gasteiger partial charge on any atom is 0.129 e. The van der Waals surface area contributed by atoms with E-state index in [4.69, 9.17) is 11.6 Å². The molecular formula is C12H17ClN2. The molecule has 0 amide bonds. The van der Waals surface area contributed by atoms with Gasteiger partial charge in [0.2, 0.25) is 0 Å². The second kappa shape index (κ2) is 4.84. The molecule has 3 heteroatoms. The average molecular weight is 225 g/mol. The predicted octanol–water partition coefficient (Wildman–Crippen LogP) is 2.99. The van der Waals surface area contributed by atoms with Gasteiger partial charge in [0, 0.05) is 24.2 Å². The molecule has 1 aromatic heterocycles. The van der Waals surface area contributed by atoms with Gasteiger partial charge in [-0.15, -0.1) is 11.6 Å². The molecule has 1 aliphatic rings. The molecular weight excluding hydrogens is 208 g/mol. The highest BCUT2D eigenvalue weighted by atomic mass is 35.5. The van der Waals surface area contributed by atoms with Gasteiger partial charge in [-0.1, -0.05) is 6.07 Å². The highest BCUT2D eigenvalue weighted by Gasteiger charge is 2.25. The summed E-state index contributed by atoms with van der Waals surface area (Å²) >= 11 is 5.84. The van der Waals surface area contributed by atoms with Gasteiger partial charge in [0.15, 0.2) is 0 Å². The Labute approximate surface area is 96.3 Å². The van der Waals surface area contributed by atoms with Crippen LogP contribution in [0.3, 0.4) is 0 Å². The summed E-state index contributed by atoms with van der Waals surface area (Å²) in [5.41, 5.74) is 1.08. The molecule has 0 unspecified atom stereocenters. The van der Waals surface area contributed by atoms with Crippen LogP contribution in [-0.4, -0.2) is 23.5 Å². The second-order valence-electron chi connectivity index (χ2n) is 4.10. The van der Waals surface area contributed by atoms with E-state index in [1.165, 1.54) is 19.3 Å². The first-order valence-corrected chi connectivity index (χ1v) is 6.11. The number of rotatable bonds is 4. The maximum absolute atomic E-state index is 5.84. The minimum absolute atomic E-state index is 0.665. The van der Waals surface area contributed by atoms with E-state index < -0.39 is 0 Å². The number of aryl methyl sites for hydroxylation is 1. The molecule has 0 spiro atoms. The lowest BCUT2D eigenvalue weighted by Gasteiger charge is -2.38. The summed E-state index contributed by atoms with van der Waals surface area (Å²) in [4.78, 5) is 6.91. The number of aromatic nitrogens is 1.